The Bertz CT molecular complexity index is 1250. The molecule has 28 heavy (non-hydrogen) atoms. The third-order valence-electron chi connectivity index (χ3n) is 4.98. The maximum Gasteiger partial charge on any atom is 0.328 e. The number of carbonyl (C=O) groups excluding carboxylic acids is 1. The largest absolute Gasteiger partial charge is 0.328 e. The number of amides is 1. The fourth-order valence-corrected chi connectivity index (χ4v) is 4.78. The van der Waals surface area contributed by atoms with E-state index in [1.54, 1.807) is 28.1 Å². The second-order valence-electron chi connectivity index (χ2n) is 6.96. The highest BCUT2D eigenvalue weighted by Gasteiger charge is 2.34. The number of aromatic nitrogens is 2. The highest BCUT2D eigenvalue weighted by molar-refractivity contribution is 8.27. The highest BCUT2D eigenvalue weighted by atomic mass is 32.2. The van der Waals surface area contributed by atoms with Crippen molar-refractivity contribution in [3.63, 3.8) is 0 Å². The Kier molecular flexibility index (Phi) is 4.51. The predicted molar refractivity (Wildman–Crippen MR) is 120 cm³/mol. The van der Waals surface area contributed by atoms with Crippen LogP contribution < -0.4 is 10.6 Å². The second-order valence-corrected chi connectivity index (χ2v) is 8.63. The summed E-state index contributed by atoms with van der Waals surface area (Å²) in [5.41, 5.74) is 5.43. The summed E-state index contributed by atoms with van der Waals surface area (Å²) in [5.74, 6) is -0.121. The minimum Gasteiger partial charge on any atom is -0.295 e. The Balaban J connectivity index is 1.74. The van der Waals surface area contributed by atoms with Crippen LogP contribution in [0.2, 0.25) is 0 Å². The molecule has 1 fully saturated rings. The van der Waals surface area contributed by atoms with E-state index in [-0.39, 0.29) is 11.6 Å². The number of thioether (sulfide) groups is 1. The van der Waals surface area contributed by atoms with Gasteiger partial charge in [-0.1, -0.05) is 47.7 Å². The number of hydrogen-bond acceptors (Lipinski definition) is 4. The number of fused-ring (bicyclic) bond motifs is 1. The minimum atomic E-state index is -0.121. The summed E-state index contributed by atoms with van der Waals surface area (Å²) in [6.45, 7) is 4.00. The molecule has 2 aromatic carbocycles. The Labute approximate surface area is 172 Å². The fraction of sp³-hybridized carbons (Fsp3) is 0.190. The zero-order valence-electron chi connectivity index (χ0n) is 16.0. The van der Waals surface area contributed by atoms with E-state index in [9.17, 15) is 9.59 Å². The van der Waals surface area contributed by atoms with Crippen LogP contribution in [0.4, 0.5) is 5.69 Å². The number of benzene rings is 2. The highest BCUT2D eigenvalue weighted by Crippen LogP contribution is 2.37. The molecule has 3 aromatic rings. The van der Waals surface area contributed by atoms with Gasteiger partial charge >= 0.3 is 5.69 Å². The van der Waals surface area contributed by atoms with Crippen LogP contribution in [0, 0.1) is 13.8 Å². The average Bonchev–Trinajstić information content (AvgIpc) is 3.04. The number of rotatable bonds is 2. The second kappa shape index (κ2) is 6.76. The van der Waals surface area contributed by atoms with E-state index in [1.165, 1.54) is 11.8 Å². The Morgan fingerprint density at radius 1 is 0.964 bits per heavy atom. The van der Waals surface area contributed by atoms with E-state index in [0.29, 0.717) is 9.23 Å². The molecule has 1 aromatic heterocycles. The lowest BCUT2D eigenvalue weighted by atomic mass is 10.1. The molecule has 0 saturated carbocycles. The van der Waals surface area contributed by atoms with Crippen molar-refractivity contribution in [2.75, 3.05) is 4.90 Å². The number of aryl methyl sites for hydroxylation is 4. The molecule has 0 N–H and O–H groups in total. The zero-order valence-corrected chi connectivity index (χ0v) is 17.6. The van der Waals surface area contributed by atoms with Gasteiger partial charge in [-0.15, -0.1) is 0 Å². The van der Waals surface area contributed by atoms with Crippen LogP contribution in [-0.4, -0.2) is 19.4 Å². The average molecular weight is 410 g/mol. The molecule has 0 bridgehead atoms. The first kappa shape index (κ1) is 18.7. The molecule has 0 aliphatic carbocycles. The third-order valence-corrected chi connectivity index (χ3v) is 6.28. The van der Waals surface area contributed by atoms with Gasteiger partial charge in [0.25, 0.3) is 5.91 Å². The summed E-state index contributed by atoms with van der Waals surface area (Å²) in [6, 6.07) is 11.7. The van der Waals surface area contributed by atoms with Crippen molar-refractivity contribution in [2.45, 2.75) is 13.8 Å². The van der Waals surface area contributed by atoms with E-state index in [2.05, 4.69) is 0 Å². The topological polar surface area (TPSA) is 47.2 Å². The summed E-state index contributed by atoms with van der Waals surface area (Å²) in [4.78, 5) is 27.3. The van der Waals surface area contributed by atoms with E-state index in [4.69, 9.17) is 12.2 Å². The maximum atomic E-state index is 13.0. The minimum absolute atomic E-state index is 0.0756. The van der Waals surface area contributed by atoms with Gasteiger partial charge in [-0.05, 0) is 49.2 Å². The lowest BCUT2D eigenvalue weighted by molar-refractivity contribution is -0.113. The lowest BCUT2D eigenvalue weighted by Gasteiger charge is -2.17. The molecule has 0 atom stereocenters. The van der Waals surface area contributed by atoms with Gasteiger partial charge in [0.15, 0.2) is 4.32 Å². The number of carbonyl (C=O) groups is 1. The molecule has 1 amide bonds. The first-order chi connectivity index (χ1) is 13.3. The standard InChI is InChI=1S/C21H19N3O2S2/c1-12-5-7-15(13(2)9-12)24-19(25)18(28-21(24)27)11-14-6-8-16-17(10-14)23(4)20(26)22(16)3/h5-11H,1-4H3/b18-11-. The molecule has 0 unspecified atom stereocenters. The van der Waals surface area contributed by atoms with E-state index < -0.39 is 0 Å². The van der Waals surface area contributed by atoms with Gasteiger partial charge in [-0.2, -0.15) is 0 Å². The van der Waals surface area contributed by atoms with Crippen molar-refractivity contribution in [1.29, 1.82) is 0 Å². The molecule has 2 heterocycles. The normalized spacial score (nSPS) is 16.0. The number of hydrogen-bond donors (Lipinski definition) is 0. The van der Waals surface area contributed by atoms with Crippen molar-refractivity contribution in [1.82, 2.24) is 9.13 Å². The van der Waals surface area contributed by atoms with Crippen molar-refractivity contribution in [2.24, 2.45) is 14.1 Å². The molecule has 0 spiro atoms. The SMILES string of the molecule is Cc1ccc(N2C(=O)/C(=C/c3ccc4c(c3)n(C)c(=O)n4C)SC2=S)c(C)c1. The lowest BCUT2D eigenvalue weighted by Crippen LogP contribution is -2.28. The monoisotopic (exact) mass is 409 g/mol. The molecule has 142 valence electrons. The number of imidazole rings is 1. The van der Waals surface area contributed by atoms with Gasteiger partial charge in [-0.25, -0.2) is 4.79 Å². The Hall–Kier alpha value is -2.64. The summed E-state index contributed by atoms with van der Waals surface area (Å²) < 4.78 is 3.74. The van der Waals surface area contributed by atoms with Crippen LogP contribution in [0.15, 0.2) is 46.1 Å². The first-order valence-corrected chi connectivity index (χ1v) is 10.0. The molecule has 4 rings (SSSR count). The van der Waals surface area contributed by atoms with Crippen molar-refractivity contribution in [3.8, 4) is 0 Å². The Morgan fingerprint density at radius 3 is 2.39 bits per heavy atom. The number of thiocarbonyl (C=S) groups is 1. The zero-order chi connectivity index (χ0) is 20.2. The molecule has 1 aliphatic heterocycles. The quantitative estimate of drug-likeness (QED) is 0.476. The maximum absolute atomic E-state index is 13.0. The molecule has 0 radical (unpaired) electrons. The summed E-state index contributed by atoms with van der Waals surface area (Å²) >= 11 is 6.78. The van der Waals surface area contributed by atoms with E-state index in [1.807, 2.05) is 56.3 Å². The van der Waals surface area contributed by atoms with Gasteiger partial charge in [0.1, 0.15) is 0 Å². The van der Waals surface area contributed by atoms with Crippen molar-refractivity contribution in [3.05, 3.63) is 68.5 Å². The van der Waals surface area contributed by atoms with E-state index in [0.717, 1.165) is 33.4 Å². The van der Waals surface area contributed by atoms with Gasteiger partial charge < -0.3 is 0 Å². The van der Waals surface area contributed by atoms with Crippen molar-refractivity contribution < 1.29 is 4.79 Å². The van der Waals surface area contributed by atoms with Crippen molar-refractivity contribution >= 4 is 57.0 Å². The fourth-order valence-electron chi connectivity index (χ4n) is 3.50. The number of anilines is 1. The summed E-state index contributed by atoms with van der Waals surface area (Å²) in [7, 11) is 3.49. The van der Waals surface area contributed by atoms with Crippen LogP contribution in [0.3, 0.4) is 0 Å². The molecule has 1 saturated heterocycles. The first-order valence-electron chi connectivity index (χ1n) is 8.78. The van der Waals surface area contributed by atoms with Gasteiger partial charge in [0.2, 0.25) is 0 Å². The van der Waals surface area contributed by atoms with E-state index >= 15 is 0 Å². The molecular formula is C21H19N3O2S2. The molecular weight excluding hydrogens is 390 g/mol. The molecule has 5 nitrogen and oxygen atoms in total. The van der Waals surface area contributed by atoms with Crippen LogP contribution >= 0.6 is 24.0 Å². The smallest absolute Gasteiger partial charge is 0.295 e. The summed E-state index contributed by atoms with van der Waals surface area (Å²) in [5, 5.41) is 0. The molecule has 7 heteroatoms. The van der Waals surface area contributed by atoms with Crippen LogP contribution in [-0.2, 0) is 18.9 Å². The van der Waals surface area contributed by atoms with Gasteiger partial charge in [-0.3, -0.25) is 18.8 Å². The predicted octanol–water partition coefficient (Wildman–Crippen LogP) is 3.90. The molecule has 1 aliphatic rings. The number of nitrogens with zero attached hydrogens (tertiary/aromatic N) is 3. The Morgan fingerprint density at radius 2 is 1.68 bits per heavy atom. The third kappa shape index (κ3) is 2.91. The van der Waals surface area contributed by atoms with Crippen LogP contribution in [0.25, 0.3) is 17.1 Å². The van der Waals surface area contributed by atoms with Gasteiger partial charge in [0, 0.05) is 14.1 Å². The van der Waals surface area contributed by atoms with Crippen LogP contribution in [0.1, 0.15) is 16.7 Å². The summed E-state index contributed by atoms with van der Waals surface area (Å²) in [6.07, 6.45) is 1.83. The van der Waals surface area contributed by atoms with Crippen LogP contribution in [0.5, 0.6) is 0 Å². The van der Waals surface area contributed by atoms with Gasteiger partial charge in [0.05, 0.1) is 21.6 Å².